The average Bonchev–Trinajstić information content (AvgIpc) is 2.10. The first-order valence-electron chi connectivity index (χ1n) is 3.35. The van der Waals surface area contributed by atoms with Gasteiger partial charge in [0.15, 0.2) is 5.34 Å². The van der Waals surface area contributed by atoms with Gasteiger partial charge in [-0.25, -0.2) is 9.78 Å². The molecule has 0 aliphatic carbocycles. The smallest absolute Gasteiger partial charge is 0.337 e. The summed E-state index contributed by atoms with van der Waals surface area (Å²) < 4.78 is 0.683. The molecule has 1 aromatic rings. The largest absolute Gasteiger partial charge is 0.478 e. The molecule has 14 heavy (non-hydrogen) atoms. The Kier molecular flexibility index (Phi) is 5.38. The second-order valence-electron chi connectivity index (χ2n) is 2.22. The number of pyridine rings is 1. The monoisotopic (exact) mass is 262 g/mol. The summed E-state index contributed by atoms with van der Waals surface area (Å²) in [7, 11) is 0. The summed E-state index contributed by atoms with van der Waals surface area (Å²) in [5, 5.41) is 16.4. The van der Waals surface area contributed by atoms with Crippen LogP contribution < -0.4 is 0 Å². The van der Waals surface area contributed by atoms with E-state index in [4.69, 9.17) is 15.2 Å². The third kappa shape index (κ3) is 3.94. The molecule has 76 valence electrons. The van der Waals surface area contributed by atoms with Gasteiger partial charge in [0.1, 0.15) is 4.60 Å². The summed E-state index contributed by atoms with van der Waals surface area (Å²) in [4.78, 5) is 22.4. The molecule has 0 amide bonds. The van der Waals surface area contributed by atoms with Crippen molar-refractivity contribution in [3.63, 3.8) is 0 Å². The van der Waals surface area contributed by atoms with E-state index in [1.807, 2.05) is 0 Å². The molecule has 0 saturated heterocycles. The molecule has 0 aliphatic heterocycles. The van der Waals surface area contributed by atoms with Gasteiger partial charge in [0.2, 0.25) is 0 Å². The van der Waals surface area contributed by atoms with Crippen LogP contribution in [0.4, 0.5) is 0 Å². The molecule has 2 N–H and O–H groups in total. The molecule has 0 saturated carbocycles. The number of aromatic nitrogens is 1. The Labute approximate surface area is 87.7 Å². The highest BCUT2D eigenvalue weighted by Gasteiger charge is 2.04. The standard InChI is InChI=1S/C7H6BrNO2.HNO2/c1-4-2-5(7(10)11)3-9-6(4)8;2-1-3/h2-3H,1H3,(H,10,11);(H,2,3). The van der Waals surface area contributed by atoms with Crippen LogP contribution in [0.25, 0.3) is 0 Å². The van der Waals surface area contributed by atoms with Gasteiger partial charge in [0.05, 0.1) is 5.56 Å². The quantitative estimate of drug-likeness (QED) is 0.458. The summed E-state index contributed by atoms with van der Waals surface area (Å²) in [5.41, 5.74) is 1.04. The first-order valence-corrected chi connectivity index (χ1v) is 4.14. The minimum Gasteiger partial charge on any atom is -0.478 e. The predicted molar refractivity (Wildman–Crippen MR) is 51.2 cm³/mol. The number of carbonyl (C=O) groups is 1. The number of halogens is 1. The molecule has 0 fully saturated rings. The van der Waals surface area contributed by atoms with Gasteiger partial charge < -0.3 is 10.3 Å². The van der Waals surface area contributed by atoms with E-state index in [2.05, 4.69) is 20.9 Å². The number of carboxylic acids is 1. The van der Waals surface area contributed by atoms with Crippen LogP contribution in [0.15, 0.2) is 22.2 Å². The van der Waals surface area contributed by atoms with Crippen LogP contribution in [-0.4, -0.2) is 21.3 Å². The molecule has 1 heterocycles. The topological polar surface area (TPSA) is 99.8 Å². The lowest BCUT2D eigenvalue weighted by atomic mass is 10.2. The predicted octanol–water partition coefficient (Wildman–Crippen LogP) is 1.99. The zero-order chi connectivity index (χ0) is 11.1. The third-order valence-electron chi connectivity index (χ3n) is 1.26. The molecule has 0 radical (unpaired) electrons. The van der Waals surface area contributed by atoms with E-state index >= 15 is 0 Å². The second-order valence-corrected chi connectivity index (χ2v) is 2.97. The maximum absolute atomic E-state index is 10.4. The van der Waals surface area contributed by atoms with Crippen molar-refractivity contribution < 1.29 is 15.1 Å². The fourth-order valence-electron chi connectivity index (χ4n) is 0.675. The number of rotatable bonds is 1. The number of carboxylic acid groups (broad SMARTS) is 1. The van der Waals surface area contributed by atoms with E-state index in [1.54, 1.807) is 13.0 Å². The Hall–Kier alpha value is -1.50. The van der Waals surface area contributed by atoms with E-state index in [9.17, 15) is 4.79 Å². The van der Waals surface area contributed by atoms with Crippen molar-refractivity contribution in [2.45, 2.75) is 6.92 Å². The maximum Gasteiger partial charge on any atom is 0.337 e. The van der Waals surface area contributed by atoms with Crippen molar-refractivity contribution in [2.75, 3.05) is 0 Å². The summed E-state index contributed by atoms with van der Waals surface area (Å²) >= 11 is 3.17. The molecule has 0 atom stereocenters. The minimum atomic E-state index is -0.951. The van der Waals surface area contributed by atoms with Gasteiger partial charge in [-0.05, 0) is 34.5 Å². The number of aromatic carboxylic acids is 1. The van der Waals surface area contributed by atoms with Gasteiger partial charge >= 0.3 is 5.97 Å². The molecule has 0 bridgehead atoms. The molecule has 6 nitrogen and oxygen atoms in total. The lowest BCUT2D eigenvalue weighted by Gasteiger charge is -1.97. The van der Waals surface area contributed by atoms with Crippen LogP contribution in [0.2, 0.25) is 0 Å². The van der Waals surface area contributed by atoms with Crippen molar-refractivity contribution in [2.24, 2.45) is 5.34 Å². The molecule has 0 aromatic carbocycles. The first kappa shape index (κ1) is 12.5. The van der Waals surface area contributed by atoms with E-state index in [0.717, 1.165) is 5.56 Å². The van der Waals surface area contributed by atoms with Crippen molar-refractivity contribution in [1.29, 1.82) is 0 Å². The second kappa shape index (κ2) is 6.03. The number of hydrogen-bond acceptors (Lipinski definition) is 4. The lowest BCUT2D eigenvalue weighted by Crippen LogP contribution is -1.97. The summed E-state index contributed by atoms with van der Waals surface area (Å²) in [6.07, 6.45) is 1.32. The average molecular weight is 263 g/mol. The molecule has 7 heteroatoms. The zero-order valence-corrected chi connectivity index (χ0v) is 8.72. The molecule has 1 aromatic heterocycles. The van der Waals surface area contributed by atoms with E-state index in [0.29, 0.717) is 4.60 Å². The highest BCUT2D eigenvalue weighted by atomic mass is 79.9. The zero-order valence-electron chi connectivity index (χ0n) is 7.14. The Bertz CT molecular complexity index is 342. The van der Waals surface area contributed by atoms with E-state index < -0.39 is 5.97 Å². The third-order valence-corrected chi connectivity index (χ3v) is 2.09. The van der Waals surface area contributed by atoms with Gasteiger partial charge in [-0.3, -0.25) is 0 Å². The van der Waals surface area contributed by atoms with Crippen LogP contribution in [-0.2, 0) is 0 Å². The Morgan fingerprint density at radius 1 is 1.64 bits per heavy atom. The van der Waals surface area contributed by atoms with Crippen LogP contribution in [0, 0.1) is 11.8 Å². The molecule has 0 spiro atoms. The summed E-state index contributed by atoms with van der Waals surface area (Å²) in [6.45, 7) is 1.80. The van der Waals surface area contributed by atoms with Gasteiger partial charge in [0, 0.05) is 6.20 Å². The van der Waals surface area contributed by atoms with Gasteiger partial charge in [-0.1, -0.05) is 0 Å². The fraction of sp³-hybridized carbons (Fsp3) is 0.143. The van der Waals surface area contributed by atoms with Crippen LogP contribution in [0.1, 0.15) is 15.9 Å². The first-order chi connectivity index (χ1) is 6.52. The highest BCUT2D eigenvalue weighted by molar-refractivity contribution is 9.10. The Balaban J connectivity index is 0.000000500. The van der Waals surface area contributed by atoms with Crippen LogP contribution in [0.5, 0.6) is 0 Å². The van der Waals surface area contributed by atoms with Gasteiger partial charge in [-0.2, -0.15) is 0 Å². The van der Waals surface area contributed by atoms with Crippen LogP contribution in [0.3, 0.4) is 0 Å². The normalized spacial score (nSPS) is 8.43. The van der Waals surface area contributed by atoms with Gasteiger partial charge in [0.25, 0.3) is 0 Å². The van der Waals surface area contributed by atoms with E-state index in [-0.39, 0.29) is 5.56 Å². The minimum absolute atomic E-state index is 0.214. The summed E-state index contributed by atoms with van der Waals surface area (Å²) in [5.74, 6) is -0.951. The van der Waals surface area contributed by atoms with Crippen molar-refractivity contribution in [3.05, 3.63) is 32.9 Å². The van der Waals surface area contributed by atoms with Crippen LogP contribution >= 0.6 is 15.9 Å². The number of aryl methyl sites for hydroxylation is 1. The molecule has 1 rings (SSSR count). The Morgan fingerprint density at radius 2 is 2.14 bits per heavy atom. The number of nitrogens with zero attached hydrogens (tertiary/aromatic N) is 2. The van der Waals surface area contributed by atoms with Crippen molar-refractivity contribution in [1.82, 2.24) is 4.98 Å². The molecule has 0 unspecified atom stereocenters. The lowest BCUT2D eigenvalue weighted by molar-refractivity contribution is 0.0696. The molecular weight excluding hydrogens is 256 g/mol. The maximum atomic E-state index is 10.4. The SMILES string of the molecule is Cc1cc(C(=O)O)cnc1Br.O=NO. The van der Waals surface area contributed by atoms with Crippen molar-refractivity contribution in [3.8, 4) is 0 Å². The molecule has 0 aliphatic rings. The summed E-state index contributed by atoms with van der Waals surface area (Å²) in [6, 6.07) is 1.57. The Morgan fingerprint density at radius 3 is 2.50 bits per heavy atom. The van der Waals surface area contributed by atoms with Gasteiger partial charge in [-0.15, -0.1) is 4.91 Å². The molecular formula is C7H7BrN2O4. The number of hydrogen-bond donors (Lipinski definition) is 2. The van der Waals surface area contributed by atoms with E-state index in [1.165, 1.54) is 11.5 Å². The van der Waals surface area contributed by atoms with Crippen molar-refractivity contribution >= 4 is 21.9 Å². The fourth-order valence-corrected chi connectivity index (χ4v) is 0.892. The highest BCUT2D eigenvalue weighted by Crippen LogP contribution is 2.13.